The van der Waals surface area contributed by atoms with Crippen LogP contribution in [0.15, 0.2) is 48.4 Å². The van der Waals surface area contributed by atoms with Crippen LogP contribution in [0.25, 0.3) is 0 Å². The van der Waals surface area contributed by atoms with Gasteiger partial charge in [-0.3, -0.25) is 19.4 Å². The van der Waals surface area contributed by atoms with Crippen molar-refractivity contribution >= 4 is 11.6 Å². The van der Waals surface area contributed by atoms with Crippen molar-refractivity contribution in [3.05, 3.63) is 87.8 Å². The molecule has 1 unspecified atom stereocenters. The summed E-state index contributed by atoms with van der Waals surface area (Å²) in [5, 5.41) is 19.1. The van der Waals surface area contributed by atoms with Gasteiger partial charge in [-0.25, -0.2) is 10.2 Å². The molecular weight excluding hydrogens is 517 g/mol. The number of ether oxygens (including phenoxy) is 2. The molecule has 214 valence electrons. The second-order valence-corrected chi connectivity index (χ2v) is 9.80. The highest BCUT2D eigenvalue weighted by Gasteiger charge is 2.24. The van der Waals surface area contributed by atoms with Crippen molar-refractivity contribution in [3.8, 4) is 5.75 Å². The molecule has 0 radical (unpaired) electrons. The van der Waals surface area contributed by atoms with Gasteiger partial charge in [-0.15, -0.1) is 0 Å². The van der Waals surface area contributed by atoms with Crippen LogP contribution < -0.4 is 26.6 Å². The summed E-state index contributed by atoms with van der Waals surface area (Å²) in [5.41, 5.74) is 10.3. The highest BCUT2D eigenvalue weighted by Crippen LogP contribution is 2.30. The Hall–Kier alpha value is -3.97. The van der Waals surface area contributed by atoms with E-state index in [2.05, 4.69) is 10.4 Å². The molecule has 1 aromatic heterocycles. The van der Waals surface area contributed by atoms with Crippen molar-refractivity contribution in [3.63, 3.8) is 0 Å². The average Bonchev–Trinajstić information content (AvgIpc) is 3.32. The molecule has 1 atom stereocenters. The molecule has 0 spiro atoms. The van der Waals surface area contributed by atoms with E-state index < -0.39 is 18.0 Å². The van der Waals surface area contributed by atoms with Crippen LogP contribution in [0.3, 0.4) is 0 Å². The summed E-state index contributed by atoms with van der Waals surface area (Å²) >= 11 is 0. The first-order valence-corrected chi connectivity index (χ1v) is 12.8. The molecule has 0 bridgehead atoms. The minimum atomic E-state index is -0.665. The second-order valence-electron chi connectivity index (χ2n) is 9.80. The Bertz CT molecular complexity index is 1400. The van der Waals surface area contributed by atoms with E-state index in [0.29, 0.717) is 29.2 Å². The number of aliphatic hydroxyl groups is 1. The maximum Gasteiger partial charge on any atom is 0.255 e. The Balaban J connectivity index is 1.56. The zero-order valence-electron chi connectivity index (χ0n) is 23.1. The number of fused-ring (bicyclic) bond motifs is 1. The number of anilines is 1. The molecule has 4 rings (SSSR count). The van der Waals surface area contributed by atoms with Gasteiger partial charge >= 0.3 is 0 Å². The van der Waals surface area contributed by atoms with Crippen LogP contribution in [0.1, 0.15) is 51.5 Å². The number of aromatic nitrogens is 2. The van der Waals surface area contributed by atoms with Gasteiger partial charge < -0.3 is 25.6 Å². The summed E-state index contributed by atoms with van der Waals surface area (Å²) in [6.45, 7) is 2.77. The van der Waals surface area contributed by atoms with Crippen LogP contribution in [0.4, 0.5) is 10.1 Å². The van der Waals surface area contributed by atoms with Gasteiger partial charge in [-0.05, 0) is 55.3 Å². The molecule has 2 aromatic carbocycles. The maximum absolute atomic E-state index is 15.2. The topological polar surface area (TPSA) is 144 Å². The van der Waals surface area contributed by atoms with E-state index >= 15 is 4.39 Å². The number of benzene rings is 2. The van der Waals surface area contributed by atoms with Gasteiger partial charge in [-0.1, -0.05) is 12.1 Å². The molecule has 1 aliphatic rings. The van der Waals surface area contributed by atoms with E-state index in [1.165, 1.54) is 31.5 Å². The van der Waals surface area contributed by atoms with Crippen molar-refractivity contribution in [1.82, 2.24) is 20.0 Å². The van der Waals surface area contributed by atoms with Crippen molar-refractivity contribution in [1.29, 1.82) is 0 Å². The lowest BCUT2D eigenvalue weighted by atomic mass is 9.96. The highest BCUT2D eigenvalue weighted by atomic mass is 19.1. The molecule has 40 heavy (non-hydrogen) atoms. The molecule has 0 aliphatic carbocycles. The quantitative estimate of drug-likeness (QED) is 0.219. The van der Waals surface area contributed by atoms with Gasteiger partial charge in [0.25, 0.3) is 5.91 Å². The molecule has 0 saturated carbocycles. The number of halogens is 1. The van der Waals surface area contributed by atoms with E-state index in [9.17, 15) is 9.90 Å². The number of nitrogens with one attached hydrogen (secondary N) is 1. The number of aliphatic hydroxyl groups excluding tert-OH is 1. The fraction of sp³-hybridized carbons (Fsp3) is 0.357. The van der Waals surface area contributed by atoms with Crippen molar-refractivity contribution in [2.45, 2.75) is 39.3 Å². The molecule has 3 aromatic rings. The first-order chi connectivity index (χ1) is 19.1. The molecule has 12 heteroatoms. The number of hydrogen-bond acceptors (Lipinski definition) is 9. The van der Waals surface area contributed by atoms with Crippen LogP contribution in [0, 0.1) is 5.82 Å². The third kappa shape index (κ3) is 6.26. The number of methoxy groups -OCH3 is 2. The molecular formula is C28H36FN7O4. The van der Waals surface area contributed by atoms with Crippen LogP contribution in [0.2, 0.25) is 0 Å². The van der Waals surface area contributed by atoms with Crippen LogP contribution in [-0.2, 0) is 30.9 Å². The number of amides is 1. The fourth-order valence-electron chi connectivity index (χ4n) is 4.74. The smallest absolute Gasteiger partial charge is 0.255 e. The van der Waals surface area contributed by atoms with Gasteiger partial charge in [0.05, 0.1) is 31.5 Å². The van der Waals surface area contributed by atoms with E-state index in [0.717, 1.165) is 29.7 Å². The lowest BCUT2D eigenvalue weighted by Crippen LogP contribution is -2.32. The van der Waals surface area contributed by atoms with Crippen molar-refractivity contribution in [2.24, 2.45) is 11.6 Å². The molecule has 0 fully saturated rings. The number of nitrogens with two attached hydrogens (primary N) is 2. The first-order valence-electron chi connectivity index (χ1n) is 12.8. The monoisotopic (exact) mass is 553 g/mol. The number of carbonyl (C=O) groups excluding carboxylic acids is 1. The Morgan fingerprint density at radius 3 is 2.80 bits per heavy atom. The minimum absolute atomic E-state index is 0.0177. The first kappa shape index (κ1) is 29.0. The molecule has 1 amide bonds. The zero-order valence-corrected chi connectivity index (χ0v) is 23.1. The third-order valence-corrected chi connectivity index (χ3v) is 6.80. The summed E-state index contributed by atoms with van der Waals surface area (Å²) in [5.74, 6) is 5.00. The van der Waals surface area contributed by atoms with E-state index in [4.69, 9.17) is 21.1 Å². The fourth-order valence-corrected chi connectivity index (χ4v) is 4.74. The molecule has 1 aliphatic heterocycles. The summed E-state index contributed by atoms with van der Waals surface area (Å²) < 4.78 is 27.3. The van der Waals surface area contributed by atoms with Crippen molar-refractivity contribution in [2.75, 3.05) is 32.8 Å². The summed E-state index contributed by atoms with van der Waals surface area (Å²) in [6, 6.07) is 9.03. The second kappa shape index (κ2) is 12.5. The Morgan fingerprint density at radius 2 is 2.10 bits per heavy atom. The van der Waals surface area contributed by atoms with Gasteiger partial charge in [0.2, 0.25) is 0 Å². The van der Waals surface area contributed by atoms with Gasteiger partial charge in [-0.2, -0.15) is 5.10 Å². The van der Waals surface area contributed by atoms with E-state index in [-0.39, 0.29) is 24.5 Å². The summed E-state index contributed by atoms with van der Waals surface area (Å²) in [6.07, 6.45) is 3.28. The van der Waals surface area contributed by atoms with Crippen molar-refractivity contribution < 1.29 is 23.8 Å². The highest BCUT2D eigenvalue weighted by molar-refractivity contribution is 5.95. The van der Waals surface area contributed by atoms with Gasteiger partial charge in [0, 0.05) is 43.9 Å². The van der Waals surface area contributed by atoms with E-state index in [1.54, 1.807) is 23.9 Å². The summed E-state index contributed by atoms with van der Waals surface area (Å²) in [7, 11) is 4.76. The van der Waals surface area contributed by atoms with Crippen LogP contribution in [-0.4, -0.2) is 53.5 Å². The lowest BCUT2D eigenvalue weighted by molar-refractivity contribution is 0.0127. The van der Waals surface area contributed by atoms with Crippen LogP contribution in [0.5, 0.6) is 5.75 Å². The Kier molecular flexibility index (Phi) is 9.05. The van der Waals surface area contributed by atoms with Gasteiger partial charge in [0.15, 0.2) is 11.6 Å². The zero-order chi connectivity index (χ0) is 29.0. The number of allylic oxidation sites excluding steroid dienone is 1. The normalized spacial score (nSPS) is 15.6. The predicted octanol–water partition coefficient (Wildman–Crippen LogP) is 2.13. The summed E-state index contributed by atoms with van der Waals surface area (Å²) in [4.78, 5) is 15.2. The third-order valence-electron chi connectivity index (χ3n) is 6.80. The maximum atomic E-state index is 15.2. The Morgan fingerprint density at radius 1 is 1.32 bits per heavy atom. The number of hydrogen-bond donors (Lipinski definition) is 4. The minimum Gasteiger partial charge on any atom is -0.494 e. The SMILES string of the molecule is COCc1nn(Cc2ccc3c(c2)C(O)N(C)CC3)cc1C(=O)NCc1c(N(N)/C=C(/C)N)ccc(OC)c1F. The standard InChI is InChI=1S/C28H36FN7O4/c1-17(30)13-36(31)24-7-8-25(40-4)26(29)21(24)12-32-27(37)22-15-35(33-23(22)16-39-3)14-18-5-6-19-9-10-34(2)28(38)20(19)11-18/h5-8,11,13,15,28,38H,9-10,12,14,16,30-31H2,1-4H3,(H,32,37)/b17-13-. The lowest BCUT2D eigenvalue weighted by Gasteiger charge is -2.31. The number of nitrogens with zero attached hydrogens (tertiary/aromatic N) is 4. The number of hydrazine groups is 1. The number of rotatable bonds is 10. The Labute approximate surface area is 232 Å². The number of likely N-dealkylation sites (N-methyl/N-ethyl adjacent to an activating group) is 1. The molecule has 11 nitrogen and oxygen atoms in total. The molecule has 6 N–H and O–H groups in total. The largest absolute Gasteiger partial charge is 0.494 e. The molecule has 0 saturated heterocycles. The average molecular weight is 554 g/mol. The molecule has 2 heterocycles. The number of carbonyl (C=O) groups is 1. The van der Waals surface area contributed by atoms with E-state index in [1.807, 2.05) is 30.1 Å². The predicted molar refractivity (Wildman–Crippen MR) is 149 cm³/mol. The van der Waals surface area contributed by atoms with Crippen LogP contribution >= 0.6 is 0 Å². The van der Waals surface area contributed by atoms with Gasteiger partial charge in [0.1, 0.15) is 11.9 Å².